The van der Waals surface area contributed by atoms with Crippen molar-refractivity contribution >= 4 is 0 Å². The van der Waals surface area contributed by atoms with Gasteiger partial charge in [-0.1, -0.05) is 0 Å². The van der Waals surface area contributed by atoms with Crippen LogP contribution in [0.2, 0.25) is 0 Å². The summed E-state index contributed by atoms with van der Waals surface area (Å²) >= 11 is 0. The molecule has 0 saturated carbocycles. The SMILES string of the molecule is NC1(CO)CCN(Cc2ccncc2)CC1. The molecule has 2 heterocycles. The Bertz CT molecular complexity index is 320. The van der Waals surface area contributed by atoms with Gasteiger partial charge in [0, 0.05) is 37.6 Å². The average molecular weight is 221 g/mol. The lowest BCUT2D eigenvalue weighted by Gasteiger charge is -2.38. The highest BCUT2D eigenvalue weighted by atomic mass is 16.3. The molecule has 0 radical (unpaired) electrons. The summed E-state index contributed by atoms with van der Waals surface area (Å²) in [5, 5.41) is 9.17. The van der Waals surface area contributed by atoms with Gasteiger partial charge in [0.25, 0.3) is 0 Å². The summed E-state index contributed by atoms with van der Waals surface area (Å²) in [7, 11) is 0. The van der Waals surface area contributed by atoms with Gasteiger partial charge in [0.1, 0.15) is 0 Å². The van der Waals surface area contributed by atoms with Crippen LogP contribution in [-0.2, 0) is 6.54 Å². The van der Waals surface area contributed by atoms with E-state index in [1.165, 1.54) is 5.56 Å². The van der Waals surface area contributed by atoms with Gasteiger partial charge < -0.3 is 10.8 Å². The number of likely N-dealkylation sites (tertiary alicyclic amines) is 1. The number of pyridine rings is 1. The predicted molar refractivity (Wildman–Crippen MR) is 62.8 cm³/mol. The summed E-state index contributed by atoms with van der Waals surface area (Å²) < 4.78 is 0. The van der Waals surface area contributed by atoms with Crippen molar-refractivity contribution in [3.8, 4) is 0 Å². The van der Waals surface area contributed by atoms with Crippen LogP contribution in [0.4, 0.5) is 0 Å². The molecule has 1 fully saturated rings. The highest BCUT2D eigenvalue weighted by Gasteiger charge is 2.29. The first kappa shape index (κ1) is 11.5. The molecule has 0 atom stereocenters. The Morgan fingerprint density at radius 2 is 1.94 bits per heavy atom. The minimum atomic E-state index is -0.352. The Morgan fingerprint density at radius 1 is 1.31 bits per heavy atom. The number of hydrogen-bond donors (Lipinski definition) is 2. The fraction of sp³-hybridized carbons (Fsp3) is 0.583. The molecule has 3 N–H and O–H groups in total. The van der Waals surface area contributed by atoms with Gasteiger partial charge in [-0.05, 0) is 30.5 Å². The van der Waals surface area contributed by atoms with Gasteiger partial charge in [-0.2, -0.15) is 0 Å². The molecule has 1 aliphatic rings. The minimum absolute atomic E-state index is 0.0934. The van der Waals surface area contributed by atoms with Crippen LogP contribution >= 0.6 is 0 Å². The summed E-state index contributed by atoms with van der Waals surface area (Å²) in [6.07, 6.45) is 5.38. The smallest absolute Gasteiger partial charge is 0.0612 e. The first-order valence-electron chi connectivity index (χ1n) is 5.73. The van der Waals surface area contributed by atoms with E-state index in [4.69, 9.17) is 5.73 Å². The summed E-state index contributed by atoms with van der Waals surface area (Å²) in [6, 6.07) is 4.08. The lowest BCUT2D eigenvalue weighted by atomic mass is 9.89. The van der Waals surface area contributed by atoms with Crippen LogP contribution in [0.5, 0.6) is 0 Å². The Labute approximate surface area is 96.1 Å². The molecular formula is C12H19N3O. The van der Waals surface area contributed by atoms with Gasteiger partial charge in [0.2, 0.25) is 0 Å². The van der Waals surface area contributed by atoms with Crippen molar-refractivity contribution in [2.24, 2.45) is 5.73 Å². The quantitative estimate of drug-likeness (QED) is 0.774. The Morgan fingerprint density at radius 3 is 2.50 bits per heavy atom. The molecule has 0 spiro atoms. The van der Waals surface area contributed by atoms with Crippen LogP contribution in [0.25, 0.3) is 0 Å². The first-order chi connectivity index (χ1) is 7.72. The van der Waals surface area contributed by atoms with Gasteiger partial charge in [-0.3, -0.25) is 9.88 Å². The number of hydrogen-bond acceptors (Lipinski definition) is 4. The topological polar surface area (TPSA) is 62.4 Å². The molecule has 4 nitrogen and oxygen atoms in total. The molecule has 0 amide bonds. The second-order valence-corrected chi connectivity index (χ2v) is 4.65. The zero-order valence-electron chi connectivity index (χ0n) is 9.47. The second-order valence-electron chi connectivity index (χ2n) is 4.65. The number of nitrogens with two attached hydrogens (primary N) is 1. The predicted octanol–water partition coefficient (Wildman–Crippen LogP) is 0.367. The molecule has 1 aliphatic heterocycles. The van der Waals surface area contributed by atoms with Gasteiger partial charge in [0.15, 0.2) is 0 Å². The number of piperidine rings is 1. The van der Waals surface area contributed by atoms with E-state index in [1.54, 1.807) is 0 Å². The van der Waals surface area contributed by atoms with Gasteiger partial charge in [0.05, 0.1) is 6.61 Å². The van der Waals surface area contributed by atoms with Crippen molar-refractivity contribution in [1.29, 1.82) is 0 Å². The van der Waals surface area contributed by atoms with Crippen LogP contribution in [0.3, 0.4) is 0 Å². The first-order valence-corrected chi connectivity index (χ1v) is 5.73. The summed E-state index contributed by atoms with van der Waals surface area (Å²) in [6.45, 7) is 2.96. The molecule has 16 heavy (non-hydrogen) atoms. The van der Waals surface area contributed by atoms with Crippen LogP contribution in [-0.4, -0.2) is 40.2 Å². The van der Waals surface area contributed by atoms with Crippen LogP contribution in [0.15, 0.2) is 24.5 Å². The lowest BCUT2D eigenvalue weighted by molar-refractivity contribution is 0.102. The highest BCUT2D eigenvalue weighted by Crippen LogP contribution is 2.20. The summed E-state index contributed by atoms with van der Waals surface area (Å²) in [5.41, 5.74) is 6.96. The van der Waals surface area contributed by atoms with Gasteiger partial charge in [-0.25, -0.2) is 0 Å². The van der Waals surface area contributed by atoms with E-state index in [9.17, 15) is 5.11 Å². The molecule has 0 aliphatic carbocycles. The largest absolute Gasteiger partial charge is 0.394 e. The number of aromatic nitrogens is 1. The molecular weight excluding hydrogens is 202 g/mol. The summed E-state index contributed by atoms with van der Waals surface area (Å²) in [4.78, 5) is 6.37. The van der Waals surface area contributed by atoms with Crippen LogP contribution in [0.1, 0.15) is 18.4 Å². The Balaban J connectivity index is 1.86. The second kappa shape index (κ2) is 4.91. The molecule has 1 saturated heterocycles. The fourth-order valence-electron chi connectivity index (χ4n) is 2.06. The monoisotopic (exact) mass is 221 g/mol. The van der Waals surface area contributed by atoms with Gasteiger partial charge >= 0.3 is 0 Å². The third-order valence-electron chi connectivity index (χ3n) is 3.32. The molecule has 0 unspecified atom stereocenters. The third-order valence-corrected chi connectivity index (χ3v) is 3.32. The van der Waals surface area contributed by atoms with E-state index < -0.39 is 0 Å². The van der Waals surface area contributed by atoms with Crippen molar-refractivity contribution in [1.82, 2.24) is 9.88 Å². The maximum Gasteiger partial charge on any atom is 0.0612 e. The molecule has 1 aromatic rings. The van der Waals surface area contributed by atoms with E-state index in [2.05, 4.69) is 9.88 Å². The maximum absolute atomic E-state index is 9.17. The van der Waals surface area contributed by atoms with E-state index in [1.807, 2.05) is 24.5 Å². The van der Waals surface area contributed by atoms with Crippen LogP contribution < -0.4 is 5.73 Å². The zero-order chi connectivity index (χ0) is 11.4. The van der Waals surface area contributed by atoms with Crippen molar-refractivity contribution in [2.75, 3.05) is 19.7 Å². The van der Waals surface area contributed by atoms with Crippen molar-refractivity contribution < 1.29 is 5.11 Å². The normalized spacial score (nSPS) is 20.9. The molecule has 88 valence electrons. The third kappa shape index (κ3) is 2.78. The molecule has 2 rings (SSSR count). The number of aliphatic hydroxyl groups excluding tert-OH is 1. The van der Waals surface area contributed by atoms with Crippen molar-refractivity contribution in [3.63, 3.8) is 0 Å². The van der Waals surface area contributed by atoms with E-state index in [-0.39, 0.29) is 12.1 Å². The van der Waals surface area contributed by atoms with Gasteiger partial charge in [-0.15, -0.1) is 0 Å². The molecule has 1 aromatic heterocycles. The summed E-state index contributed by atoms with van der Waals surface area (Å²) in [5.74, 6) is 0. The molecule has 0 bridgehead atoms. The Kier molecular flexibility index (Phi) is 3.53. The maximum atomic E-state index is 9.17. The van der Waals surface area contributed by atoms with Crippen molar-refractivity contribution in [2.45, 2.75) is 24.9 Å². The number of rotatable bonds is 3. The van der Waals surface area contributed by atoms with E-state index in [0.29, 0.717) is 0 Å². The Hall–Kier alpha value is -0.970. The van der Waals surface area contributed by atoms with Crippen molar-refractivity contribution in [3.05, 3.63) is 30.1 Å². The molecule has 4 heteroatoms. The number of nitrogens with zero attached hydrogens (tertiary/aromatic N) is 2. The number of aliphatic hydroxyl groups is 1. The average Bonchev–Trinajstić information content (AvgIpc) is 2.34. The molecule has 0 aromatic carbocycles. The zero-order valence-corrected chi connectivity index (χ0v) is 9.47. The highest BCUT2D eigenvalue weighted by molar-refractivity contribution is 5.09. The van der Waals surface area contributed by atoms with Crippen LogP contribution in [0, 0.1) is 0 Å². The fourth-order valence-corrected chi connectivity index (χ4v) is 2.06. The van der Waals surface area contributed by atoms with E-state index >= 15 is 0 Å². The lowest BCUT2D eigenvalue weighted by Crippen LogP contribution is -2.52. The van der Waals surface area contributed by atoms with E-state index in [0.717, 1.165) is 32.5 Å². The minimum Gasteiger partial charge on any atom is -0.394 e. The standard InChI is InChI=1S/C12H19N3O/c13-12(10-16)3-7-15(8-4-12)9-11-1-5-14-6-2-11/h1-2,5-6,16H,3-4,7-10,13H2.